The molecule has 9 aliphatic rings. The van der Waals surface area contributed by atoms with E-state index in [0.29, 0.717) is 10.3 Å². The van der Waals surface area contributed by atoms with Gasteiger partial charge in [0, 0.05) is 0 Å². The zero-order chi connectivity index (χ0) is 25.8. The van der Waals surface area contributed by atoms with Crippen molar-refractivity contribution in [2.24, 2.45) is 35.5 Å². The van der Waals surface area contributed by atoms with Crippen LogP contribution >= 0.6 is 15.8 Å². The van der Waals surface area contributed by atoms with Gasteiger partial charge in [-0.1, -0.05) is 75.1 Å². The first-order valence-corrected chi connectivity index (χ1v) is 19.4. The second-order valence-electron chi connectivity index (χ2n) is 17.5. The second kappa shape index (κ2) is 8.92. The average Bonchev–Trinajstić information content (AvgIpc) is 3.19. The molecule has 0 aliphatic heterocycles. The van der Waals surface area contributed by atoms with Crippen molar-refractivity contribution < 1.29 is 0 Å². The lowest BCUT2D eigenvalue weighted by molar-refractivity contribution is 0.0187. The number of hydrogen-bond donors (Lipinski definition) is 0. The van der Waals surface area contributed by atoms with E-state index in [4.69, 9.17) is 0 Å². The van der Waals surface area contributed by atoms with Crippen LogP contribution in [-0.2, 0) is 0 Å². The van der Waals surface area contributed by atoms with Crippen molar-refractivity contribution >= 4 is 15.8 Å². The quantitative estimate of drug-likeness (QED) is 0.295. The fourth-order valence-corrected chi connectivity index (χ4v) is 21.3. The van der Waals surface area contributed by atoms with Crippen LogP contribution in [0.3, 0.4) is 0 Å². The summed E-state index contributed by atoms with van der Waals surface area (Å²) < 4.78 is 0. The van der Waals surface area contributed by atoms with Crippen LogP contribution < -0.4 is 0 Å². The second-order valence-corrected chi connectivity index (χ2v) is 24.5. The Hall–Kier alpha value is 0.340. The molecular formula is C35H56P2. The molecule has 0 aromatic heterocycles. The van der Waals surface area contributed by atoms with Crippen LogP contribution in [0.1, 0.15) is 125 Å². The molecule has 0 nitrogen and oxygen atoms in total. The standard InChI is InChI=1S/C35H56P2/c1-32(2,3)36(33(4,5)6)22-30-8-7-9-31(30)23-37(34-16-24-10-25(17-34)12-26(11-24)18-34)35-19-27-13-28(20-35)15-29(14-27)21-35/h7,9,24-29H,8,10-23H2,1-6H3. The lowest BCUT2D eigenvalue weighted by Gasteiger charge is -2.67. The monoisotopic (exact) mass is 538 g/mol. The molecular weight excluding hydrogens is 482 g/mol. The van der Waals surface area contributed by atoms with Gasteiger partial charge in [-0.05, 0) is 157 Å². The molecule has 0 saturated heterocycles. The minimum atomic E-state index is -0.0501. The first-order chi connectivity index (χ1) is 17.4. The van der Waals surface area contributed by atoms with Crippen molar-refractivity contribution in [3.8, 4) is 0 Å². The maximum absolute atomic E-state index is 2.67. The van der Waals surface area contributed by atoms with Gasteiger partial charge >= 0.3 is 0 Å². The summed E-state index contributed by atoms with van der Waals surface area (Å²) in [7, 11) is 0.0202. The molecule has 9 aliphatic carbocycles. The van der Waals surface area contributed by atoms with Crippen LogP contribution in [0.15, 0.2) is 23.3 Å². The van der Waals surface area contributed by atoms with Crippen LogP contribution in [0.4, 0.5) is 0 Å². The van der Waals surface area contributed by atoms with Crippen molar-refractivity contribution in [2.75, 3.05) is 12.3 Å². The van der Waals surface area contributed by atoms with Crippen LogP contribution in [0, 0.1) is 35.5 Å². The lowest BCUT2D eigenvalue weighted by atomic mass is 9.55. The van der Waals surface area contributed by atoms with Gasteiger partial charge in [-0.2, -0.15) is 0 Å². The van der Waals surface area contributed by atoms with Crippen LogP contribution in [0.2, 0.25) is 0 Å². The van der Waals surface area contributed by atoms with E-state index in [-0.39, 0.29) is 15.8 Å². The summed E-state index contributed by atoms with van der Waals surface area (Å²) in [5.74, 6) is 6.62. The fourth-order valence-electron chi connectivity index (χ4n) is 12.4. The molecule has 206 valence electrons. The summed E-state index contributed by atoms with van der Waals surface area (Å²) in [5.41, 5.74) is 3.76. The molecule has 0 atom stereocenters. The normalized spacial score (nSPS) is 45.1. The molecule has 0 radical (unpaired) electrons. The first-order valence-electron chi connectivity index (χ1n) is 16.3. The van der Waals surface area contributed by atoms with Gasteiger partial charge < -0.3 is 0 Å². The topological polar surface area (TPSA) is 0 Å². The summed E-state index contributed by atoms with van der Waals surface area (Å²) in [5, 5.41) is 2.39. The Balaban J connectivity index is 1.25. The number of allylic oxidation sites excluding steroid dienone is 4. The zero-order valence-corrected chi connectivity index (χ0v) is 26.9. The van der Waals surface area contributed by atoms with Gasteiger partial charge in [0.15, 0.2) is 0 Å². The molecule has 8 saturated carbocycles. The molecule has 37 heavy (non-hydrogen) atoms. The molecule has 0 amide bonds. The fraction of sp³-hybridized carbons (Fsp3) is 0.886. The Morgan fingerprint density at radius 2 is 1.00 bits per heavy atom. The largest absolute Gasteiger partial charge is 0.0915 e. The minimum absolute atomic E-state index is 0.0501. The maximum atomic E-state index is 2.67. The summed E-state index contributed by atoms with van der Waals surface area (Å²) in [4.78, 5) is 0. The van der Waals surface area contributed by atoms with Gasteiger partial charge in [0.2, 0.25) is 0 Å². The third kappa shape index (κ3) is 4.62. The Kier molecular flexibility index (Phi) is 6.33. The Bertz CT molecular complexity index is 840. The highest BCUT2D eigenvalue weighted by Gasteiger charge is 2.62. The average molecular weight is 539 g/mol. The third-order valence-electron chi connectivity index (χ3n) is 12.6. The van der Waals surface area contributed by atoms with Gasteiger partial charge in [0.25, 0.3) is 0 Å². The van der Waals surface area contributed by atoms with Gasteiger partial charge in [-0.15, -0.1) is 0 Å². The van der Waals surface area contributed by atoms with Crippen molar-refractivity contribution in [1.82, 2.24) is 0 Å². The molecule has 0 N–H and O–H groups in total. The van der Waals surface area contributed by atoms with E-state index >= 15 is 0 Å². The van der Waals surface area contributed by atoms with E-state index in [1.807, 2.05) is 11.1 Å². The lowest BCUT2D eigenvalue weighted by Crippen LogP contribution is -2.57. The highest BCUT2D eigenvalue weighted by atomic mass is 31.1. The van der Waals surface area contributed by atoms with E-state index in [1.54, 1.807) is 77.0 Å². The molecule has 0 spiro atoms. The van der Waals surface area contributed by atoms with Crippen molar-refractivity contribution in [2.45, 2.75) is 146 Å². The van der Waals surface area contributed by atoms with E-state index in [1.165, 1.54) is 18.7 Å². The molecule has 0 heterocycles. The molecule has 0 aromatic rings. The molecule has 0 unspecified atom stereocenters. The molecule has 0 aromatic carbocycles. The Labute approximate surface area is 232 Å². The number of rotatable bonds is 6. The summed E-state index contributed by atoms with van der Waals surface area (Å²) in [6.07, 6.45) is 29.0. The smallest absolute Gasteiger partial charge is 0.00634 e. The third-order valence-corrected chi connectivity index (χ3v) is 20.6. The van der Waals surface area contributed by atoms with E-state index in [2.05, 4.69) is 53.7 Å². The van der Waals surface area contributed by atoms with Gasteiger partial charge in [0.1, 0.15) is 0 Å². The summed E-state index contributed by atoms with van der Waals surface area (Å²) in [6.45, 7) is 15.2. The minimum Gasteiger partial charge on any atom is -0.0915 e. The Morgan fingerprint density at radius 3 is 1.35 bits per heavy atom. The zero-order valence-electron chi connectivity index (χ0n) is 25.1. The van der Waals surface area contributed by atoms with E-state index < -0.39 is 0 Å². The van der Waals surface area contributed by atoms with E-state index in [0.717, 1.165) is 45.8 Å². The van der Waals surface area contributed by atoms with Crippen molar-refractivity contribution in [3.05, 3.63) is 23.3 Å². The summed E-state index contributed by atoms with van der Waals surface area (Å²) in [6, 6.07) is 0. The van der Waals surface area contributed by atoms with Crippen LogP contribution in [-0.4, -0.2) is 32.9 Å². The highest BCUT2D eigenvalue weighted by molar-refractivity contribution is 7.61. The Morgan fingerprint density at radius 1 is 0.622 bits per heavy atom. The SMILES string of the molecule is CC(C)(C)P(CC1=C(CP(C23CC4CC(CC(C4)C2)C3)C23CC4CC(CC(C4)C2)C3)C=CC1)C(C)(C)C. The van der Waals surface area contributed by atoms with Crippen LogP contribution in [0.25, 0.3) is 0 Å². The van der Waals surface area contributed by atoms with Crippen molar-refractivity contribution in [3.63, 3.8) is 0 Å². The molecule has 2 heteroatoms. The van der Waals surface area contributed by atoms with Gasteiger partial charge in [-0.25, -0.2) is 0 Å². The maximum Gasteiger partial charge on any atom is -0.00634 e. The highest BCUT2D eigenvalue weighted by Crippen LogP contribution is 2.79. The first kappa shape index (κ1) is 26.3. The predicted octanol–water partition coefficient (Wildman–Crippen LogP) is 10.7. The van der Waals surface area contributed by atoms with E-state index in [9.17, 15) is 0 Å². The molecule has 8 bridgehead atoms. The molecule has 9 rings (SSSR count). The predicted molar refractivity (Wildman–Crippen MR) is 166 cm³/mol. The van der Waals surface area contributed by atoms with Crippen molar-refractivity contribution in [1.29, 1.82) is 0 Å². The van der Waals surface area contributed by atoms with Crippen LogP contribution in [0.5, 0.6) is 0 Å². The number of hydrogen-bond acceptors (Lipinski definition) is 0. The van der Waals surface area contributed by atoms with Gasteiger partial charge in [0.05, 0.1) is 0 Å². The van der Waals surface area contributed by atoms with Gasteiger partial charge in [-0.3, -0.25) is 0 Å². The summed E-state index contributed by atoms with van der Waals surface area (Å²) >= 11 is 0. The molecule has 8 fully saturated rings.